The highest BCUT2D eigenvalue weighted by Gasteiger charge is 2.16. The van der Waals surface area contributed by atoms with E-state index < -0.39 is 0 Å². The molecule has 0 N–H and O–H groups in total. The zero-order chi connectivity index (χ0) is 25.2. The monoisotopic (exact) mass is 490 g/mol. The number of hydrogen-bond donors (Lipinski definition) is 0. The molecule has 9 nitrogen and oxygen atoms in total. The van der Waals surface area contributed by atoms with Gasteiger partial charge in [0.15, 0.2) is 11.6 Å². The number of anilines is 1. The van der Waals surface area contributed by atoms with E-state index in [1.807, 2.05) is 38.4 Å². The van der Waals surface area contributed by atoms with E-state index in [0.717, 1.165) is 55.2 Å². The molecule has 2 aliphatic rings. The number of rotatable bonds is 9. The van der Waals surface area contributed by atoms with Gasteiger partial charge in [-0.25, -0.2) is 10.0 Å². The van der Waals surface area contributed by atoms with Crippen LogP contribution in [0, 0.1) is 5.92 Å². The number of nitrogens with zero attached hydrogens (tertiary/aromatic N) is 6. The predicted octanol–water partition coefficient (Wildman–Crippen LogP) is 3.59. The maximum atomic E-state index is 12.3. The number of ether oxygens (including phenoxy) is 2. The minimum absolute atomic E-state index is 0.0230. The lowest BCUT2D eigenvalue weighted by atomic mass is 10.0. The maximum absolute atomic E-state index is 12.3. The molecule has 9 heteroatoms. The van der Waals surface area contributed by atoms with Crippen LogP contribution < -0.4 is 5.01 Å². The number of allylic oxidation sites excluding steroid dienone is 1. The van der Waals surface area contributed by atoms with Crippen LogP contribution in [0.2, 0.25) is 0 Å². The summed E-state index contributed by atoms with van der Waals surface area (Å²) < 4.78 is 12.9. The van der Waals surface area contributed by atoms with Gasteiger partial charge in [0.1, 0.15) is 5.69 Å². The van der Waals surface area contributed by atoms with Gasteiger partial charge in [-0.1, -0.05) is 18.2 Å². The van der Waals surface area contributed by atoms with Crippen LogP contribution in [0.15, 0.2) is 64.0 Å². The quantitative estimate of drug-likeness (QED) is 0.304. The van der Waals surface area contributed by atoms with Gasteiger partial charge in [0.2, 0.25) is 0 Å². The third-order valence-corrected chi connectivity index (χ3v) is 5.99. The Hall–Kier alpha value is -3.43. The van der Waals surface area contributed by atoms with E-state index in [0.29, 0.717) is 31.3 Å². The second kappa shape index (κ2) is 13.0. The van der Waals surface area contributed by atoms with Crippen molar-refractivity contribution in [1.82, 2.24) is 9.78 Å². The second-order valence-electron chi connectivity index (χ2n) is 8.92. The molecule has 4 rings (SSSR count). The molecule has 0 saturated carbocycles. The van der Waals surface area contributed by atoms with Gasteiger partial charge in [0.05, 0.1) is 37.7 Å². The minimum Gasteiger partial charge on any atom is -0.381 e. The molecular weight excluding hydrogens is 456 g/mol. The lowest BCUT2D eigenvalue weighted by Gasteiger charge is -2.21. The molecule has 0 unspecified atom stereocenters. The van der Waals surface area contributed by atoms with Crippen LogP contribution in [0.4, 0.5) is 5.69 Å². The number of ketones is 1. The Labute approximate surface area is 212 Å². The molecule has 0 spiro atoms. The third-order valence-electron chi connectivity index (χ3n) is 5.99. The normalized spacial score (nSPS) is 17.6. The van der Waals surface area contributed by atoms with Gasteiger partial charge in [-0.2, -0.15) is 10.2 Å². The summed E-state index contributed by atoms with van der Waals surface area (Å²) in [6.07, 6.45) is 11.6. The van der Waals surface area contributed by atoms with Gasteiger partial charge in [0, 0.05) is 51.2 Å². The standard InChI is InChI=1S/C27H34N6O3/c1-3-28-27(29-10-14-36-20-21-8-12-35-13-9-21)23-6-4-5-22(15-23)16-24-17-26(34)7-11-33(31-24)25-18-30-32(2)19-25/h4-7,10-11,15,18-19,21H,3,8-9,12-14,16-17,20H2,1-2H3. The topological polar surface area (TPSA) is 93.7 Å². The lowest BCUT2D eigenvalue weighted by Crippen LogP contribution is -2.20. The lowest BCUT2D eigenvalue weighted by molar-refractivity contribution is -0.113. The van der Waals surface area contributed by atoms with Crippen molar-refractivity contribution < 1.29 is 14.3 Å². The van der Waals surface area contributed by atoms with E-state index in [4.69, 9.17) is 14.6 Å². The number of benzene rings is 1. The molecule has 36 heavy (non-hydrogen) atoms. The summed E-state index contributed by atoms with van der Waals surface area (Å²) in [5, 5.41) is 10.6. The summed E-state index contributed by atoms with van der Waals surface area (Å²) in [5.41, 5.74) is 3.56. The van der Waals surface area contributed by atoms with Gasteiger partial charge >= 0.3 is 0 Å². The highest BCUT2D eigenvalue weighted by molar-refractivity contribution is 6.08. The van der Waals surface area contributed by atoms with Crippen molar-refractivity contribution in [2.45, 2.75) is 32.6 Å². The van der Waals surface area contributed by atoms with E-state index >= 15 is 0 Å². The SMILES string of the molecule is CCN=C(N=CCOCC1CCOCC1)c1cccc(CC2=NN(c3cnn(C)c3)C=CC(=O)C2)c1. The molecule has 0 radical (unpaired) electrons. The Balaban J connectivity index is 1.41. The van der Waals surface area contributed by atoms with Gasteiger partial charge in [0.25, 0.3) is 0 Å². The fraction of sp³-hybridized carbons (Fsp3) is 0.444. The molecule has 190 valence electrons. The van der Waals surface area contributed by atoms with E-state index in [1.54, 1.807) is 34.4 Å². The first-order chi connectivity index (χ1) is 17.6. The van der Waals surface area contributed by atoms with Gasteiger partial charge in [-0.15, -0.1) is 0 Å². The summed E-state index contributed by atoms with van der Waals surface area (Å²) in [6.45, 7) is 5.46. The Morgan fingerprint density at radius 2 is 2.17 bits per heavy atom. The Kier molecular flexibility index (Phi) is 9.29. The molecule has 0 bridgehead atoms. The smallest absolute Gasteiger partial charge is 0.162 e. The molecule has 1 fully saturated rings. The van der Waals surface area contributed by atoms with E-state index in [9.17, 15) is 4.79 Å². The first-order valence-electron chi connectivity index (χ1n) is 12.5. The zero-order valence-electron chi connectivity index (χ0n) is 21.0. The molecule has 0 atom stereocenters. The second-order valence-corrected chi connectivity index (χ2v) is 8.92. The number of aryl methyl sites for hydroxylation is 1. The van der Waals surface area contributed by atoms with Crippen LogP contribution in [0.3, 0.4) is 0 Å². The number of amidine groups is 1. The zero-order valence-corrected chi connectivity index (χ0v) is 21.0. The van der Waals surface area contributed by atoms with Gasteiger partial charge in [-0.3, -0.25) is 14.5 Å². The van der Waals surface area contributed by atoms with Crippen LogP contribution in [0.25, 0.3) is 0 Å². The Morgan fingerprint density at radius 1 is 1.31 bits per heavy atom. The van der Waals surface area contributed by atoms with Crippen molar-refractivity contribution >= 4 is 29.2 Å². The van der Waals surface area contributed by atoms with Crippen molar-refractivity contribution in [3.05, 3.63) is 60.1 Å². The van der Waals surface area contributed by atoms with Crippen LogP contribution in [0.1, 0.15) is 37.3 Å². The number of aromatic nitrogens is 2. The molecule has 2 aromatic rings. The van der Waals surface area contributed by atoms with Crippen LogP contribution in [-0.2, 0) is 27.7 Å². The van der Waals surface area contributed by atoms with Crippen molar-refractivity contribution in [2.75, 3.05) is 38.0 Å². The third kappa shape index (κ3) is 7.53. The maximum Gasteiger partial charge on any atom is 0.162 e. The van der Waals surface area contributed by atoms with E-state index in [-0.39, 0.29) is 12.2 Å². The Bertz CT molecular complexity index is 1140. The summed E-state index contributed by atoms with van der Waals surface area (Å²) >= 11 is 0. The van der Waals surface area contributed by atoms with Crippen LogP contribution >= 0.6 is 0 Å². The first-order valence-corrected chi connectivity index (χ1v) is 12.5. The number of aliphatic imine (C=N–C) groups is 2. The summed E-state index contributed by atoms with van der Waals surface area (Å²) in [4.78, 5) is 21.5. The fourth-order valence-electron chi connectivity index (χ4n) is 4.14. The number of hydrazone groups is 1. The molecule has 2 aliphatic heterocycles. The average molecular weight is 491 g/mol. The van der Waals surface area contributed by atoms with Crippen molar-refractivity contribution in [3.63, 3.8) is 0 Å². The van der Waals surface area contributed by atoms with Gasteiger partial charge in [-0.05, 0) is 43.4 Å². The minimum atomic E-state index is 0.0230. The predicted molar refractivity (Wildman–Crippen MR) is 142 cm³/mol. The van der Waals surface area contributed by atoms with Crippen molar-refractivity contribution in [2.24, 2.45) is 28.1 Å². The Morgan fingerprint density at radius 3 is 2.94 bits per heavy atom. The number of carbonyl (C=O) groups excluding carboxylic acids is 1. The molecule has 1 aromatic carbocycles. The molecule has 3 heterocycles. The number of carbonyl (C=O) groups is 1. The van der Waals surface area contributed by atoms with E-state index in [1.165, 1.54) is 0 Å². The van der Waals surface area contributed by atoms with Crippen LogP contribution in [-0.4, -0.2) is 66.3 Å². The molecule has 1 aromatic heterocycles. The van der Waals surface area contributed by atoms with Crippen molar-refractivity contribution in [3.8, 4) is 0 Å². The van der Waals surface area contributed by atoms with Crippen LogP contribution in [0.5, 0.6) is 0 Å². The first kappa shape index (κ1) is 25.7. The number of hydrogen-bond acceptors (Lipinski definition) is 7. The molecular formula is C27H34N6O3. The summed E-state index contributed by atoms with van der Waals surface area (Å²) in [5.74, 6) is 1.26. The largest absolute Gasteiger partial charge is 0.381 e. The van der Waals surface area contributed by atoms with E-state index in [2.05, 4.69) is 21.1 Å². The highest BCUT2D eigenvalue weighted by atomic mass is 16.5. The summed E-state index contributed by atoms with van der Waals surface area (Å²) in [6, 6.07) is 8.09. The highest BCUT2D eigenvalue weighted by Crippen LogP contribution is 2.18. The fourth-order valence-corrected chi connectivity index (χ4v) is 4.14. The average Bonchev–Trinajstić information content (AvgIpc) is 3.23. The van der Waals surface area contributed by atoms with Gasteiger partial charge < -0.3 is 9.47 Å². The molecule has 1 saturated heterocycles. The summed E-state index contributed by atoms with van der Waals surface area (Å²) in [7, 11) is 1.85. The molecule has 0 amide bonds. The van der Waals surface area contributed by atoms with Crippen molar-refractivity contribution in [1.29, 1.82) is 0 Å². The molecule has 0 aliphatic carbocycles.